The lowest BCUT2D eigenvalue weighted by Gasteiger charge is -2.17. The molecule has 0 spiro atoms. The number of carbonyl (C=O) groups excluding carboxylic acids is 1. The third-order valence-corrected chi connectivity index (χ3v) is 2.23. The number of hydrogen-bond donors (Lipinski definition) is 1. The molecule has 5 nitrogen and oxygen atoms in total. The largest absolute Gasteiger partial charge is 0.357 e. The number of nitrogens with zero attached hydrogens (tertiary/aromatic N) is 1. The number of nitrogens with one attached hydrogen (secondary N) is 1. The molecule has 0 rings (SSSR count). The van der Waals surface area contributed by atoms with Crippen molar-refractivity contribution >= 4 is 16.4 Å². The Kier molecular flexibility index (Phi) is 3.88. The molecule has 0 radical (unpaired) electrons. The van der Waals surface area contributed by atoms with Gasteiger partial charge in [0, 0.05) is 7.05 Å². The molecular formula is C6H12N2O3S. The molecule has 0 aromatic carbocycles. The molecular weight excluding hydrogens is 180 g/mol. The van der Waals surface area contributed by atoms with Crippen molar-refractivity contribution in [1.82, 2.24) is 5.32 Å². The van der Waals surface area contributed by atoms with Crippen molar-refractivity contribution in [2.24, 2.45) is 4.36 Å². The van der Waals surface area contributed by atoms with Crippen LogP contribution in [0, 0.1) is 0 Å². The maximum Gasteiger partial charge on any atom is 0.312 e. The molecule has 0 heterocycles. The lowest BCUT2D eigenvalue weighted by molar-refractivity contribution is -0.125. The predicted octanol–water partition coefficient (Wildman–Crippen LogP) is -0.0362. The molecule has 1 amide bonds. The Morgan fingerprint density at radius 1 is 1.58 bits per heavy atom. The Labute approximate surface area is 72.9 Å². The second-order valence-electron chi connectivity index (χ2n) is 2.51. The third-order valence-electron chi connectivity index (χ3n) is 1.68. The first-order chi connectivity index (χ1) is 5.46. The van der Waals surface area contributed by atoms with Crippen molar-refractivity contribution in [2.45, 2.75) is 25.8 Å². The smallest absolute Gasteiger partial charge is 0.312 e. The maximum absolute atomic E-state index is 11.1. The molecule has 0 bridgehead atoms. The van der Waals surface area contributed by atoms with Crippen molar-refractivity contribution in [3.8, 4) is 0 Å². The topological polar surface area (TPSA) is 75.6 Å². The highest BCUT2D eigenvalue weighted by Crippen LogP contribution is 2.14. The normalized spacial score (nSPS) is 14.6. The zero-order valence-electron chi connectivity index (χ0n) is 7.29. The van der Waals surface area contributed by atoms with E-state index in [-0.39, 0.29) is 0 Å². The highest BCUT2D eigenvalue weighted by atomic mass is 32.2. The first-order valence-electron chi connectivity index (χ1n) is 3.50. The molecule has 0 aliphatic carbocycles. The van der Waals surface area contributed by atoms with Crippen LogP contribution in [0.3, 0.4) is 0 Å². The van der Waals surface area contributed by atoms with Gasteiger partial charge in [-0.25, -0.2) is 0 Å². The molecule has 6 heteroatoms. The summed E-state index contributed by atoms with van der Waals surface area (Å²) in [4.78, 5) is 11.1. The van der Waals surface area contributed by atoms with Gasteiger partial charge in [-0.1, -0.05) is 6.92 Å². The minimum absolute atomic E-state index is 0.348. The van der Waals surface area contributed by atoms with Crippen molar-refractivity contribution in [2.75, 3.05) is 7.05 Å². The van der Waals surface area contributed by atoms with Gasteiger partial charge in [0.25, 0.3) is 0 Å². The fraction of sp³-hybridized carbons (Fsp3) is 0.833. The molecule has 0 aliphatic heterocycles. The lowest BCUT2D eigenvalue weighted by atomic mass is 10.00. The Morgan fingerprint density at radius 2 is 2.08 bits per heavy atom. The van der Waals surface area contributed by atoms with E-state index in [0.29, 0.717) is 6.42 Å². The van der Waals surface area contributed by atoms with E-state index in [1.54, 1.807) is 6.92 Å². The van der Waals surface area contributed by atoms with Crippen molar-refractivity contribution in [3.05, 3.63) is 0 Å². The van der Waals surface area contributed by atoms with Gasteiger partial charge in [-0.3, -0.25) is 4.79 Å². The first kappa shape index (κ1) is 11.1. The summed E-state index contributed by atoms with van der Waals surface area (Å²) in [5.41, 5.74) is -1.17. The second kappa shape index (κ2) is 4.20. The van der Waals surface area contributed by atoms with E-state index in [2.05, 4.69) is 9.68 Å². The van der Waals surface area contributed by atoms with Gasteiger partial charge in [-0.2, -0.15) is 12.8 Å². The molecule has 0 saturated carbocycles. The van der Waals surface area contributed by atoms with Crippen LogP contribution in [0.4, 0.5) is 0 Å². The molecule has 0 saturated heterocycles. The van der Waals surface area contributed by atoms with E-state index >= 15 is 0 Å². The van der Waals surface area contributed by atoms with E-state index in [4.69, 9.17) is 0 Å². The van der Waals surface area contributed by atoms with Crippen LogP contribution in [-0.2, 0) is 15.3 Å². The maximum atomic E-state index is 11.1. The number of hydrogen-bond acceptors (Lipinski definition) is 4. The number of carbonyl (C=O) groups is 1. The summed E-state index contributed by atoms with van der Waals surface area (Å²) in [5, 5.41) is 2.36. The average Bonchev–Trinajstić information content (AvgIpc) is 2.01. The van der Waals surface area contributed by atoms with E-state index in [1.165, 1.54) is 14.0 Å². The van der Waals surface area contributed by atoms with Gasteiger partial charge in [0.15, 0.2) is 5.54 Å². The summed E-state index contributed by atoms with van der Waals surface area (Å²) < 4.78 is 23.8. The van der Waals surface area contributed by atoms with E-state index in [1.807, 2.05) is 0 Å². The van der Waals surface area contributed by atoms with Gasteiger partial charge < -0.3 is 5.32 Å². The van der Waals surface area contributed by atoms with E-state index < -0.39 is 21.9 Å². The number of amides is 1. The molecule has 70 valence electrons. The standard InChI is InChI=1S/C6H12N2O3S/c1-4-6(2,5(9)7-3)8-12(10)11/h4H2,1-3H3,(H,7,9). The SMILES string of the molecule is CCC(C)(N=S(=O)=O)C(=O)NC. The van der Waals surface area contributed by atoms with Gasteiger partial charge in [0.1, 0.15) is 0 Å². The van der Waals surface area contributed by atoms with Gasteiger partial charge in [-0.05, 0) is 13.3 Å². The van der Waals surface area contributed by atoms with Crippen LogP contribution >= 0.6 is 0 Å². The molecule has 0 aromatic rings. The van der Waals surface area contributed by atoms with Crippen LogP contribution in [0.15, 0.2) is 4.36 Å². The minimum atomic E-state index is -2.54. The molecule has 12 heavy (non-hydrogen) atoms. The Balaban J connectivity index is 4.93. The Morgan fingerprint density at radius 3 is 2.33 bits per heavy atom. The van der Waals surface area contributed by atoms with Gasteiger partial charge in [0.05, 0.1) is 0 Å². The zero-order valence-corrected chi connectivity index (χ0v) is 8.10. The summed E-state index contributed by atoms with van der Waals surface area (Å²) in [6.45, 7) is 3.17. The quantitative estimate of drug-likeness (QED) is 0.682. The summed E-state index contributed by atoms with van der Waals surface area (Å²) in [5.74, 6) is -0.394. The highest BCUT2D eigenvalue weighted by Gasteiger charge is 2.30. The summed E-state index contributed by atoms with van der Waals surface area (Å²) in [6, 6.07) is 0. The first-order valence-corrected chi connectivity index (χ1v) is 4.54. The van der Waals surface area contributed by atoms with Crippen LogP contribution in [0.25, 0.3) is 0 Å². The monoisotopic (exact) mass is 192 g/mol. The molecule has 0 fully saturated rings. The predicted molar refractivity (Wildman–Crippen MR) is 44.1 cm³/mol. The molecule has 1 N–H and O–H groups in total. The lowest BCUT2D eigenvalue weighted by Crippen LogP contribution is -2.40. The number of likely N-dealkylation sites (N-methyl/N-ethyl adjacent to an activating group) is 1. The summed E-state index contributed by atoms with van der Waals surface area (Å²) in [7, 11) is -1.10. The number of rotatable bonds is 3. The molecule has 1 atom stereocenters. The van der Waals surface area contributed by atoms with Crippen molar-refractivity contribution in [1.29, 1.82) is 0 Å². The van der Waals surface area contributed by atoms with Crippen LogP contribution in [-0.4, -0.2) is 26.9 Å². The van der Waals surface area contributed by atoms with Gasteiger partial charge in [0.2, 0.25) is 5.91 Å². The highest BCUT2D eigenvalue weighted by molar-refractivity contribution is 7.61. The summed E-state index contributed by atoms with van der Waals surface area (Å²) >= 11 is 0. The van der Waals surface area contributed by atoms with Crippen molar-refractivity contribution < 1.29 is 13.2 Å². The van der Waals surface area contributed by atoms with Crippen LogP contribution in [0.5, 0.6) is 0 Å². The summed E-state index contributed by atoms with van der Waals surface area (Å²) in [6.07, 6.45) is 0.348. The van der Waals surface area contributed by atoms with Crippen LogP contribution < -0.4 is 5.32 Å². The molecule has 1 unspecified atom stereocenters. The molecule has 0 aliphatic rings. The third kappa shape index (κ3) is 2.61. The van der Waals surface area contributed by atoms with Gasteiger partial charge >= 0.3 is 10.5 Å². The van der Waals surface area contributed by atoms with Crippen molar-refractivity contribution in [3.63, 3.8) is 0 Å². The fourth-order valence-corrected chi connectivity index (χ4v) is 1.24. The Bertz CT molecular complexity index is 288. The fourth-order valence-electron chi connectivity index (χ4n) is 0.700. The van der Waals surface area contributed by atoms with Crippen LogP contribution in [0.2, 0.25) is 0 Å². The minimum Gasteiger partial charge on any atom is -0.357 e. The second-order valence-corrected chi connectivity index (χ2v) is 3.13. The average molecular weight is 192 g/mol. The van der Waals surface area contributed by atoms with Crippen LogP contribution in [0.1, 0.15) is 20.3 Å². The zero-order chi connectivity index (χ0) is 9.78. The van der Waals surface area contributed by atoms with E-state index in [9.17, 15) is 13.2 Å². The van der Waals surface area contributed by atoms with E-state index in [0.717, 1.165) is 0 Å². The molecule has 0 aromatic heterocycles. The Hall–Kier alpha value is -0.910. The van der Waals surface area contributed by atoms with Gasteiger partial charge in [-0.15, -0.1) is 0 Å².